The maximum atomic E-state index is 12.1. The lowest BCUT2D eigenvalue weighted by Crippen LogP contribution is -2.40. The normalized spacial score (nSPS) is 17.1. The number of amides is 1. The zero-order valence-corrected chi connectivity index (χ0v) is 15.6. The Labute approximate surface area is 152 Å². The first kappa shape index (κ1) is 22.2. The fourth-order valence-corrected chi connectivity index (χ4v) is 2.67. The summed E-state index contributed by atoms with van der Waals surface area (Å²) in [5.74, 6) is 0.312. The first-order valence-electron chi connectivity index (χ1n) is 7.94. The van der Waals surface area contributed by atoms with Gasteiger partial charge in [-0.15, -0.1) is 24.8 Å². The number of hydrogen-bond acceptors (Lipinski definition) is 3. The SMILES string of the molecule is CCN(C)Cc1cccc(CNC(=O)C2CCCNC2)c1.Cl.Cl. The molecule has 1 fully saturated rings. The number of nitrogens with one attached hydrogen (secondary N) is 2. The van der Waals surface area contributed by atoms with Gasteiger partial charge in [0.05, 0.1) is 5.92 Å². The smallest absolute Gasteiger partial charge is 0.224 e. The van der Waals surface area contributed by atoms with Crippen molar-refractivity contribution in [3.8, 4) is 0 Å². The van der Waals surface area contributed by atoms with E-state index in [9.17, 15) is 4.79 Å². The predicted octanol–water partition coefficient (Wildman–Crippen LogP) is 2.60. The van der Waals surface area contributed by atoms with Gasteiger partial charge in [-0.2, -0.15) is 0 Å². The van der Waals surface area contributed by atoms with Crippen LogP contribution in [0.5, 0.6) is 0 Å². The molecule has 1 unspecified atom stereocenters. The van der Waals surface area contributed by atoms with Crippen LogP contribution in [0.15, 0.2) is 24.3 Å². The molecule has 4 nitrogen and oxygen atoms in total. The highest BCUT2D eigenvalue weighted by atomic mass is 35.5. The molecule has 0 spiro atoms. The lowest BCUT2D eigenvalue weighted by atomic mass is 9.99. The second kappa shape index (κ2) is 11.7. The third-order valence-corrected chi connectivity index (χ3v) is 4.12. The van der Waals surface area contributed by atoms with Crippen molar-refractivity contribution in [1.29, 1.82) is 0 Å². The fourth-order valence-electron chi connectivity index (χ4n) is 2.67. The van der Waals surface area contributed by atoms with Crippen LogP contribution in [0.4, 0.5) is 0 Å². The molecule has 23 heavy (non-hydrogen) atoms. The minimum absolute atomic E-state index is 0. The van der Waals surface area contributed by atoms with Crippen LogP contribution in [0.1, 0.15) is 30.9 Å². The average molecular weight is 362 g/mol. The van der Waals surface area contributed by atoms with Gasteiger partial charge in [-0.05, 0) is 44.1 Å². The molecule has 1 atom stereocenters. The Hall–Kier alpha value is -0.810. The third kappa shape index (κ3) is 7.53. The standard InChI is InChI=1S/C17H27N3O.2ClH/c1-3-20(2)13-15-7-4-6-14(10-15)11-19-17(21)16-8-5-9-18-12-16;;/h4,6-7,10,16,18H,3,5,8-9,11-13H2,1-2H3,(H,19,21);2*1H. The Morgan fingerprint density at radius 1 is 1.35 bits per heavy atom. The Kier molecular flexibility index (Phi) is 11.3. The number of carbonyl (C=O) groups is 1. The van der Waals surface area contributed by atoms with Crippen molar-refractivity contribution >= 4 is 30.7 Å². The van der Waals surface area contributed by atoms with Crippen LogP contribution in [0.2, 0.25) is 0 Å². The van der Waals surface area contributed by atoms with E-state index < -0.39 is 0 Å². The number of halogens is 2. The van der Waals surface area contributed by atoms with Crippen molar-refractivity contribution in [3.05, 3.63) is 35.4 Å². The largest absolute Gasteiger partial charge is 0.352 e. The summed E-state index contributed by atoms with van der Waals surface area (Å²) in [6.07, 6.45) is 2.09. The number of nitrogens with zero attached hydrogens (tertiary/aromatic N) is 1. The summed E-state index contributed by atoms with van der Waals surface area (Å²) < 4.78 is 0. The van der Waals surface area contributed by atoms with Crippen LogP contribution in [-0.4, -0.2) is 37.5 Å². The maximum absolute atomic E-state index is 12.1. The maximum Gasteiger partial charge on any atom is 0.224 e. The molecule has 2 rings (SSSR count). The van der Waals surface area contributed by atoms with Crippen molar-refractivity contribution in [2.45, 2.75) is 32.9 Å². The van der Waals surface area contributed by atoms with Gasteiger partial charge in [0.1, 0.15) is 0 Å². The first-order valence-corrected chi connectivity index (χ1v) is 7.94. The summed E-state index contributed by atoms with van der Waals surface area (Å²) in [5.41, 5.74) is 2.47. The summed E-state index contributed by atoms with van der Waals surface area (Å²) in [7, 11) is 2.12. The van der Waals surface area contributed by atoms with E-state index in [0.717, 1.165) is 39.0 Å². The molecule has 1 aromatic rings. The van der Waals surface area contributed by atoms with Crippen molar-refractivity contribution < 1.29 is 4.79 Å². The van der Waals surface area contributed by atoms with Gasteiger partial charge in [0.15, 0.2) is 0 Å². The quantitative estimate of drug-likeness (QED) is 0.818. The Balaban J connectivity index is 0.00000242. The van der Waals surface area contributed by atoms with Crippen molar-refractivity contribution in [1.82, 2.24) is 15.5 Å². The molecule has 1 aromatic carbocycles. The van der Waals surface area contributed by atoms with Crippen molar-refractivity contribution in [2.75, 3.05) is 26.7 Å². The van der Waals surface area contributed by atoms with Gasteiger partial charge < -0.3 is 15.5 Å². The highest BCUT2D eigenvalue weighted by Crippen LogP contribution is 2.11. The molecule has 1 amide bonds. The Morgan fingerprint density at radius 2 is 2.09 bits per heavy atom. The number of hydrogen-bond donors (Lipinski definition) is 2. The molecular formula is C17H29Cl2N3O. The molecule has 0 radical (unpaired) electrons. The summed E-state index contributed by atoms with van der Waals surface area (Å²) in [6.45, 7) is 6.62. The van der Waals surface area contributed by atoms with Gasteiger partial charge >= 0.3 is 0 Å². The van der Waals surface area contributed by atoms with Gasteiger partial charge in [0.2, 0.25) is 5.91 Å². The van der Waals surface area contributed by atoms with Crippen LogP contribution >= 0.6 is 24.8 Å². The molecule has 132 valence electrons. The van der Waals surface area contributed by atoms with Crippen LogP contribution in [0, 0.1) is 5.92 Å². The van der Waals surface area contributed by atoms with Crippen LogP contribution in [-0.2, 0) is 17.9 Å². The van der Waals surface area contributed by atoms with Crippen molar-refractivity contribution in [2.24, 2.45) is 5.92 Å². The van der Waals surface area contributed by atoms with Gasteiger partial charge in [0.25, 0.3) is 0 Å². The number of carbonyl (C=O) groups excluding carboxylic acids is 1. The molecule has 1 saturated heterocycles. The van der Waals surface area contributed by atoms with Gasteiger partial charge in [-0.1, -0.05) is 31.2 Å². The van der Waals surface area contributed by atoms with Gasteiger partial charge in [-0.3, -0.25) is 4.79 Å². The number of piperidine rings is 1. The second-order valence-corrected chi connectivity index (χ2v) is 5.91. The van der Waals surface area contributed by atoms with E-state index in [-0.39, 0.29) is 36.6 Å². The fraction of sp³-hybridized carbons (Fsp3) is 0.588. The first-order chi connectivity index (χ1) is 10.2. The molecule has 1 heterocycles. The second-order valence-electron chi connectivity index (χ2n) is 5.91. The molecule has 1 aliphatic rings. The molecule has 0 saturated carbocycles. The number of benzene rings is 1. The van der Waals surface area contributed by atoms with Crippen LogP contribution in [0.25, 0.3) is 0 Å². The number of rotatable bonds is 6. The monoisotopic (exact) mass is 361 g/mol. The molecule has 0 aliphatic carbocycles. The summed E-state index contributed by atoms with van der Waals surface area (Å²) in [6, 6.07) is 8.48. The highest BCUT2D eigenvalue weighted by Gasteiger charge is 2.20. The summed E-state index contributed by atoms with van der Waals surface area (Å²) >= 11 is 0. The minimum Gasteiger partial charge on any atom is -0.352 e. The molecule has 0 aromatic heterocycles. The zero-order valence-electron chi connectivity index (χ0n) is 14.0. The van der Waals surface area contributed by atoms with E-state index in [1.165, 1.54) is 11.1 Å². The minimum atomic E-state index is 0. The zero-order chi connectivity index (χ0) is 15.1. The molecule has 1 aliphatic heterocycles. The highest BCUT2D eigenvalue weighted by molar-refractivity contribution is 5.85. The molecule has 6 heteroatoms. The van der Waals surface area contributed by atoms with E-state index in [0.29, 0.717) is 6.54 Å². The van der Waals surface area contributed by atoms with E-state index >= 15 is 0 Å². The summed E-state index contributed by atoms with van der Waals surface area (Å²) in [4.78, 5) is 14.4. The van der Waals surface area contributed by atoms with E-state index in [4.69, 9.17) is 0 Å². The lowest BCUT2D eigenvalue weighted by molar-refractivity contribution is -0.125. The van der Waals surface area contributed by atoms with Crippen molar-refractivity contribution in [3.63, 3.8) is 0 Å². The average Bonchev–Trinajstić information content (AvgIpc) is 2.53. The topological polar surface area (TPSA) is 44.4 Å². The van der Waals surface area contributed by atoms with Gasteiger partial charge in [-0.25, -0.2) is 0 Å². The van der Waals surface area contributed by atoms with E-state index in [1.807, 2.05) is 0 Å². The molecule has 0 bridgehead atoms. The van der Waals surface area contributed by atoms with Gasteiger partial charge in [0, 0.05) is 19.6 Å². The predicted molar refractivity (Wildman–Crippen MR) is 100 cm³/mol. The van der Waals surface area contributed by atoms with E-state index in [1.54, 1.807) is 0 Å². The lowest BCUT2D eigenvalue weighted by Gasteiger charge is -2.22. The molecule has 2 N–H and O–H groups in total. The summed E-state index contributed by atoms with van der Waals surface area (Å²) in [5, 5.41) is 6.36. The van der Waals surface area contributed by atoms with E-state index in [2.05, 4.69) is 53.8 Å². The van der Waals surface area contributed by atoms with Crippen LogP contribution in [0.3, 0.4) is 0 Å². The van der Waals surface area contributed by atoms with Crippen LogP contribution < -0.4 is 10.6 Å². The Morgan fingerprint density at radius 3 is 2.74 bits per heavy atom. The molecular weight excluding hydrogens is 333 g/mol. The Bertz CT molecular complexity index is 465. The third-order valence-electron chi connectivity index (χ3n) is 4.12.